The van der Waals surface area contributed by atoms with Crippen molar-refractivity contribution in [2.45, 2.75) is 32.8 Å². The lowest BCUT2D eigenvalue weighted by molar-refractivity contribution is -0.140. The molecule has 130 valence electrons. The molecular weight excluding hydrogens is 316 g/mol. The van der Waals surface area contributed by atoms with Crippen LogP contribution in [0.25, 0.3) is 0 Å². The average Bonchev–Trinajstić information content (AvgIpc) is 3.29. The molecule has 5 heteroatoms. The van der Waals surface area contributed by atoms with E-state index in [1.165, 1.54) is 0 Å². The minimum absolute atomic E-state index is 0.153. The number of ether oxygens (including phenoxy) is 1. The Balaban J connectivity index is 1.46. The number of nitrogens with zero attached hydrogens (tertiary/aromatic N) is 2. The van der Waals surface area contributed by atoms with E-state index in [4.69, 9.17) is 4.74 Å². The van der Waals surface area contributed by atoms with Gasteiger partial charge in [0.1, 0.15) is 5.75 Å². The van der Waals surface area contributed by atoms with Crippen LogP contribution in [0.3, 0.4) is 0 Å². The maximum absolute atomic E-state index is 12.6. The highest BCUT2D eigenvalue weighted by molar-refractivity contribution is 6.06. The van der Waals surface area contributed by atoms with Gasteiger partial charge in [0, 0.05) is 0 Å². The highest BCUT2D eigenvalue weighted by Gasteiger charge is 2.59. The summed E-state index contributed by atoms with van der Waals surface area (Å²) in [6.07, 6.45) is 7.78. The molecule has 1 saturated heterocycles. The predicted octanol–water partition coefficient (Wildman–Crippen LogP) is 3.00. The van der Waals surface area contributed by atoms with Gasteiger partial charge in [0.15, 0.2) is 0 Å². The number of amides is 2. The molecule has 0 radical (unpaired) electrons. The van der Waals surface area contributed by atoms with Crippen molar-refractivity contribution in [1.29, 1.82) is 0 Å². The average molecular weight is 338 g/mol. The van der Waals surface area contributed by atoms with Gasteiger partial charge in [-0.05, 0) is 61.4 Å². The van der Waals surface area contributed by atoms with Crippen molar-refractivity contribution in [3.05, 3.63) is 42.0 Å². The molecule has 1 heterocycles. The molecule has 2 aliphatic carbocycles. The SMILES string of the molecule is CC[C@@H](C)Oc1ccc(C=NN2C(=O)[C@@H]3[C@H](C2=O)[C@H]2C=C[C@H]3C2)cc1. The Kier molecular flexibility index (Phi) is 3.94. The maximum Gasteiger partial charge on any atom is 0.254 e. The molecule has 2 bridgehead atoms. The molecule has 1 saturated carbocycles. The Hall–Kier alpha value is -2.43. The highest BCUT2D eigenvalue weighted by Crippen LogP contribution is 2.52. The number of carbonyl (C=O) groups is 2. The third-order valence-corrected chi connectivity index (χ3v) is 5.56. The lowest BCUT2D eigenvalue weighted by Gasteiger charge is -2.13. The Morgan fingerprint density at radius 1 is 1.16 bits per heavy atom. The molecule has 0 spiro atoms. The van der Waals surface area contributed by atoms with Gasteiger partial charge in [0.2, 0.25) is 0 Å². The number of allylic oxidation sites excluding steroid dienone is 2. The summed E-state index contributed by atoms with van der Waals surface area (Å²) in [5.41, 5.74) is 0.829. The molecule has 2 amide bonds. The fourth-order valence-corrected chi connectivity index (χ4v) is 4.07. The minimum Gasteiger partial charge on any atom is -0.491 e. The second-order valence-corrected chi connectivity index (χ2v) is 7.14. The molecule has 0 aromatic heterocycles. The van der Waals surface area contributed by atoms with Crippen molar-refractivity contribution in [1.82, 2.24) is 5.01 Å². The van der Waals surface area contributed by atoms with Crippen LogP contribution >= 0.6 is 0 Å². The van der Waals surface area contributed by atoms with E-state index >= 15 is 0 Å². The molecule has 5 atom stereocenters. The Morgan fingerprint density at radius 3 is 2.32 bits per heavy atom. The molecular formula is C20H22N2O3. The van der Waals surface area contributed by atoms with E-state index in [9.17, 15) is 9.59 Å². The van der Waals surface area contributed by atoms with Crippen molar-refractivity contribution < 1.29 is 14.3 Å². The van der Waals surface area contributed by atoms with Gasteiger partial charge in [0.25, 0.3) is 11.8 Å². The monoisotopic (exact) mass is 338 g/mol. The highest BCUT2D eigenvalue weighted by atomic mass is 16.5. The summed E-state index contributed by atoms with van der Waals surface area (Å²) in [5.74, 6) is 0.515. The number of fused-ring (bicyclic) bond motifs is 5. The number of rotatable bonds is 5. The zero-order valence-corrected chi connectivity index (χ0v) is 14.5. The van der Waals surface area contributed by atoms with Crippen molar-refractivity contribution in [3.63, 3.8) is 0 Å². The summed E-state index contributed by atoms with van der Waals surface area (Å²) in [6, 6.07) is 7.50. The quantitative estimate of drug-likeness (QED) is 0.471. The van der Waals surface area contributed by atoms with E-state index in [2.05, 4.69) is 24.2 Å². The Labute approximate surface area is 147 Å². The fourth-order valence-electron chi connectivity index (χ4n) is 4.07. The van der Waals surface area contributed by atoms with Gasteiger partial charge in [-0.1, -0.05) is 19.1 Å². The molecule has 1 aromatic rings. The summed E-state index contributed by atoms with van der Waals surface area (Å²) < 4.78 is 5.74. The zero-order chi connectivity index (χ0) is 17.6. The lowest BCUT2D eigenvalue weighted by Crippen LogP contribution is -2.28. The number of carbonyl (C=O) groups excluding carboxylic acids is 2. The summed E-state index contributed by atoms with van der Waals surface area (Å²) in [7, 11) is 0. The summed E-state index contributed by atoms with van der Waals surface area (Å²) in [5, 5.41) is 5.26. The topological polar surface area (TPSA) is 59.0 Å². The smallest absolute Gasteiger partial charge is 0.254 e. The third kappa shape index (κ3) is 2.68. The summed E-state index contributed by atoms with van der Waals surface area (Å²) >= 11 is 0. The number of hydrazone groups is 1. The first-order chi connectivity index (χ1) is 12.1. The third-order valence-electron chi connectivity index (χ3n) is 5.56. The van der Waals surface area contributed by atoms with Crippen LogP contribution in [-0.2, 0) is 9.59 Å². The first-order valence-electron chi connectivity index (χ1n) is 8.95. The van der Waals surface area contributed by atoms with Crippen LogP contribution in [0.1, 0.15) is 32.3 Å². The fraction of sp³-hybridized carbons (Fsp3) is 0.450. The van der Waals surface area contributed by atoms with E-state index in [0.29, 0.717) is 0 Å². The van der Waals surface area contributed by atoms with Gasteiger partial charge in [0.05, 0.1) is 24.2 Å². The van der Waals surface area contributed by atoms with Gasteiger partial charge in [-0.2, -0.15) is 10.1 Å². The predicted molar refractivity (Wildman–Crippen MR) is 94.0 cm³/mol. The van der Waals surface area contributed by atoms with Gasteiger partial charge in [-0.15, -0.1) is 0 Å². The van der Waals surface area contributed by atoms with Crippen molar-refractivity contribution >= 4 is 18.0 Å². The number of hydrogen-bond acceptors (Lipinski definition) is 4. The molecule has 5 nitrogen and oxygen atoms in total. The van der Waals surface area contributed by atoms with Gasteiger partial charge < -0.3 is 4.74 Å². The molecule has 0 N–H and O–H groups in total. The van der Waals surface area contributed by atoms with Crippen molar-refractivity contribution in [3.8, 4) is 5.75 Å². The standard InChI is InChI=1S/C20H22N2O3/c1-3-12(2)25-16-8-4-13(5-9-16)11-21-22-19(23)17-14-6-7-15(10-14)18(17)20(22)24/h4-9,11-12,14-15,17-18H,3,10H2,1-2H3/t12-,14+,15+,17-,18+/m1/s1. The first-order valence-corrected chi connectivity index (χ1v) is 8.95. The van der Waals surface area contributed by atoms with E-state index in [-0.39, 0.29) is 41.6 Å². The number of hydrogen-bond donors (Lipinski definition) is 0. The Morgan fingerprint density at radius 2 is 1.76 bits per heavy atom. The Bertz CT molecular complexity index is 723. The van der Waals surface area contributed by atoms with Crippen LogP contribution in [0, 0.1) is 23.7 Å². The first kappa shape index (κ1) is 16.1. The van der Waals surface area contributed by atoms with Crippen molar-refractivity contribution in [2.75, 3.05) is 0 Å². The van der Waals surface area contributed by atoms with Crippen LogP contribution in [-0.4, -0.2) is 29.1 Å². The normalized spacial score (nSPS) is 31.2. The summed E-state index contributed by atoms with van der Waals surface area (Å²) in [6.45, 7) is 4.10. The second-order valence-electron chi connectivity index (χ2n) is 7.14. The molecule has 4 rings (SSSR count). The second kappa shape index (κ2) is 6.14. The molecule has 1 aliphatic heterocycles. The lowest BCUT2D eigenvalue weighted by atomic mass is 9.85. The van der Waals surface area contributed by atoms with Gasteiger partial charge in [-0.25, -0.2) is 0 Å². The van der Waals surface area contributed by atoms with Gasteiger partial charge in [-0.3, -0.25) is 9.59 Å². The van der Waals surface area contributed by atoms with E-state index in [0.717, 1.165) is 29.2 Å². The molecule has 3 aliphatic rings. The largest absolute Gasteiger partial charge is 0.491 e. The molecule has 1 aromatic carbocycles. The minimum atomic E-state index is -0.203. The van der Waals surface area contributed by atoms with E-state index < -0.39 is 0 Å². The number of imide groups is 1. The van der Waals surface area contributed by atoms with Crippen molar-refractivity contribution in [2.24, 2.45) is 28.8 Å². The van der Waals surface area contributed by atoms with Crippen LogP contribution in [0.2, 0.25) is 0 Å². The number of benzene rings is 1. The van der Waals surface area contributed by atoms with Crippen LogP contribution in [0.4, 0.5) is 0 Å². The van der Waals surface area contributed by atoms with E-state index in [1.807, 2.05) is 31.2 Å². The van der Waals surface area contributed by atoms with Crippen LogP contribution in [0.15, 0.2) is 41.5 Å². The summed E-state index contributed by atoms with van der Waals surface area (Å²) in [4.78, 5) is 25.1. The van der Waals surface area contributed by atoms with Crippen LogP contribution < -0.4 is 4.74 Å². The molecule has 25 heavy (non-hydrogen) atoms. The molecule has 0 unspecified atom stereocenters. The molecule has 2 fully saturated rings. The van der Waals surface area contributed by atoms with Crippen LogP contribution in [0.5, 0.6) is 5.75 Å². The zero-order valence-electron chi connectivity index (χ0n) is 14.5. The van der Waals surface area contributed by atoms with E-state index in [1.54, 1.807) is 6.21 Å². The van der Waals surface area contributed by atoms with Gasteiger partial charge >= 0.3 is 0 Å². The maximum atomic E-state index is 12.6.